The van der Waals surface area contributed by atoms with Crippen molar-refractivity contribution in [3.05, 3.63) is 47.1 Å². The molecule has 0 fully saturated rings. The van der Waals surface area contributed by atoms with Crippen molar-refractivity contribution < 1.29 is 4.79 Å². The van der Waals surface area contributed by atoms with Crippen LogP contribution in [0.15, 0.2) is 41.3 Å². The molecule has 0 aliphatic carbocycles. The highest BCUT2D eigenvalue weighted by Gasteiger charge is 2.13. The second-order valence-corrected chi connectivity index (χ2v) is 6.32. The number of nitrogens with two attached hydrogens (primary N) is 1. The number of hydrogen-bond acceptors (Lipinski definition) is 5. The SMILES string of the molecule is CC(CNc1nnc(Cl)cc1C(N)=O)Sc1ccccc1. The second-order valence-electron chi connectivity index (χ2n) is 4.42. The van der Waals surface area contributed by atoms with Crippen LogP contribution in [0.1, 0.15) is 17.3 Å². The standard InChI is InChI=1S/C14H15ClN4OS/c1-9(21-10-5-3-2-4-6-10)8-17-14-11(13(16)20)7-12(15)18-19-14/h2-7,9H,8H2,1H3,(H2,16,20)(H,17,19). The van der Waals surface area contributed by atoms with Crippen LogP contribution < -0.4 is 11.1 Å². The monoisotopic (exact) mass is 322 g/mol. The van der Waals surface area contributed by atoms with E-state index in [4.69, 9.17) is 17.3 Å². The Hall–Kier alpha value is -1.79. The number of anilines is 1. The van der Waals surface area contributed by atoms with Gasteiger partial charge in [0.25, 0.3) is 5.91 Å². The number of primary amides is 1. The summed E-state index contributed by atoms with van der Waals surface area (Å²) in [6, 6.07) is 11.5. The van der Waals surface area contributed by atoms with Crippen molar-refractivity contribution in [1.82, 2.24) is 10.2 Å². The fraction of sp³-hybridized carbons (Fsp3) is 0.214. The van der Waals surface area contributed by atoms with E-state index in [1.54, 1.807) is 11.8 Å². The minimum absolute atomic E-state index is 0.140. The minimum Gasteiger partial charge on any atom is -0.367 e. The molecular weight excluding hydrogens is 308 g/mol. The van der Waals surface area contributed by atoms with Gasteiger partial charge in [0.05, 0.1) is 5.56 Å². The Balaban J connectivity index is 1.98. The molecule has 1 heterocycles. The molecule has 5 nitrogen and oxygen atoms in total. The number of halogens is 1. The van der Waals surface area contributed by atoms with Crippen molar-refractivity contribution in [3.8, 4) is 0 Å². The molecule has 1 amide bonds. The Morgan fingerprint density at radius 2 is 2.10 bits per heavy atom. The summed E-state index contributed by atoms with van der Waals surface area (Å²) in [6.45, 7) is 2.70. The van der Waals surface area contributed by atoms with Gasteiger partial charge in [-0.3, -0.25) is 4.79 Å². The van der Waals surface area contributed by atoms with Gasteiger partial charge in [-0.1, -0.05) is 36.7 Å². The van der Waals surface area contributed by atoms with Gasteiger partial charge in [-0.25, -0.2) is 0 Å². The van der Waals surface area contributed by atoms with Crippen LogP contribution in [0.5, 0.6) is 0 Å². The van der Waals surface area contributed by atoms with Gasteiger partial charge in [0, 0.05) is 16.7 Å². The van der Waals surface area contributed by atoms with Gasteiger partial charge >= 0.3 is 0 Å². The normalized spacial score (nSPS) is 11.9. The molecule has 0 saturated carbocycles. The van der Waals surface area contributed by atoms with Crippen molar-refractivity contribution in [3.63, 3.8) is 0 Å². The first-order valence-corrected chi connectivity index (χ1v) is 7.60. The molecule has 1 aromatic heterocycles. The summed E-state index contributed by atoms with van der Waals surface area (Å²) in [7, 11) is 0. The molecule has 2 rings (SSSR count). The number of amides is 1. The highest BCUT2D eigenvalue weighted by Crippen LogP contribution is 2.23. The second kappa shape index (κ2) is 7.28. The summed E-state index contributed by atoms with van der Waals surface area (Å²) in [5.41, 5.74) is 5.55. The lowest BCUT2D eigenvalue weighted by Gasteiger charge is -2.14. The lowest BCUT2D eigenvalue weighted by atomic mass is 10.2. The molecule has 1 atom stereocenters. The fourth-order valence-electron chi connectivity index (χ4n) is 1.70. The molecule has 1 aromatic carbocycles. The molecule has 0 aliphatic heterocycles. The third-order valence-corrected chi connectivity index (χ3v) is 3.97. The Bertz CT molecular complexity index is 624. The van der Waals surface area contributed by atoms with Crippen molar-refractivity contribution in [2.45, 2.75) is 17.1 Å². The average molecular weight is 323 g/mol. The maximum atomic E-state index is 11.4. The van der Waals surface area contributed by atoms with Crippen LogP contribution in [-0.4, -0.2) is 27.9 Å². The average Bonchev–Trinajstić information content (AvgIpc) is 2.47. The highest BCUT2D eigenvalue weighted by molar-refractivity contribution is 8.00. The molecule has 0 radical (unpaired) electrons. The van der Waals surface area contributed by atoms with Gasteiger partial charge < -0.3 is 11.1 Å². The molecule has 21 heavy (non-hydrogen) atoms. The van der Waals surface area contributed by atoms with E-state index in [1.807, 2.05) is 18.2 Å². The Morgan fingerprint density at radius 3 is 2.76 bits per heavy atom. The molecule has 0 bridgehead atoms. The minimum atomic E-state index is -0.585. The van der Waals surface area contributed by atoms with Crippen LogP contribution >= 0.6 is 23.4 Å². The Morgan fingerprint density at radius 1 is 1.38 bits per heavy atom. The molecular formula is C14H15ClN4OS. The molecule has 110 valence electrons. The van der Waals surface area contributed by atoms with E-state index >= 15 is 0 Å². The first kappa shape index (κ1) is 15.6. The maximum absolute atomic E-state index is 11.4. The molecule has 7 heteroatoms. The summed E-state index contributed by atoms with van der Waals surface area (Å²) in [4.78, 5) is 12.5. The number of nitrogens with zero attached hydrogens (tertiary/aromatic N) is 2. The topological polar surface area (TPSA) is 80.9 Å². The molecule has 1 unspecified atom stereocenters. The lowest BCUT2D eigenvalue weighted by molar-refractivity contribution is 0.100. The highest BCUT2D eigenvalue weighted by atomic mass is 35.5. The molecule has 0 aliphatic rings. The number of benzene rings is 1. The van der Waals surface area contributed by atoms with E-state index in [-0.39, 0.29) is 16.0 Å². The number of rotatable bonds is 6. The van der Waals surface area contributed by atoms with Crippen LogP contribution in [0.3, 0.4) is 0 Å². The van der Waals surface area contributed by atoms with Gasteiger partial charge in [0.1, 0.15) is 0 Å². The Labute approximate surface area is 132 Å². The van der Waals surface area contributed by atoms with Gasteiger partial charge in [0.15, 0.2) is 11.0 Å². The third kappa shape index (κ3) is 4.61. The van der Waals surface area contributed by atoms with E-state index < -0.39 is 5.91 Å². The smallest absolute Gasteiger partial charge is 0.252 e. The van der Waals surface area contributed by atoms with Crippen LogP contribution in [0, 0.1) is 0 Å². The van der Waals surface area contributed by atoms with Crippen molar-refractivity contribution in [1.29, 1.82) is 0 Å². The van der Waals surface area contributed by atoms with E-state index in [9.17, 15) is 4.79 Å². The van der Waals surface area contributed by atoms with Crippen molar-refractivity contribution >= 4 is 35.1 Å². The first-order chi connectivity index (χ1) is 10.1. The quantitative estimate of drug-likeness (QED) is 0.799. The zero-order chi connectivity index (χ0) is 15.2. The van der Waals surface area contributed by atoms with Crippen LogP contribution in [0.25, 0.3) is 0 Å². The van der Waals surface area contributed by atoms with Crippen LogP contribution in [0.4, 0.5) is 5.82 Å². The summed E-state index contributed by atoms with van der Waals surface area (Å²) in [5.74, 6) is -0.231. The lowest BCUT2D eigenvalue weighted by Crippen LogP contribution is -2.20. The van der Waals surface area contributed by atoms with Crippen molar-refractivity contribution in [2.75, 3.05) is 11.9 Å². The molecule has 0 spiro atoms. The summed E-state index contributed by atoms with van der Waals surface area (Å²) in [5, 5.41) is 11.1. The summed E-state index contributed by atoms with van der Waals surface area (Å²) in [6.07, 6.45) is 0. The number of carbonyl (C=O) groups excluding carboxylic acids is 1. The summed E-state index contributed by atoms with van der Waals surface area (Å²) < 4.78 is 0. The first-order valence-electron chi connectivity index (χ1n) is 6.35. The predicted octanol–water partition coefficient (Wildman–Crippen LogP) is 2.82. The summed E-state index contributed by atoms with van der Waals surface area (Å²) >= 11 is 7.44. The van der Waals surface area contributed by atoms with E-state index in [1.165, 1.54) is 11.0 Å². The number of carbonyl (C=O) groups is 1. The number of hydrogen-bond donors (Lipinski definition) is 2. The van der Waals surface area contributed by atoms with E-state index in [0.717, 1.165) is 0 Å². The maximum Gasteiger partial charge on any atom is 0.252 e. The largest absolute Gasteiger partial charge is 0.367 e. The van der Waals surface area contributed by atoms with E-state index in [0.29, 0.717) is 12.4 Å². The predicted molar refractivity (Wildman–Crippen MR) is 85.8 cm³/mol. The zero-order valence-corrected chi connectivity index (χ0v) is 13.0. The molecule has 0 saturated heterocycles. The number of aromatic nitrogens is 2. The zero-order valence-electron chi connectivity index (χ0n) is 11.4. The molecule has 2 aromatic rings. The van der Waals surface area contributed by atoms with Gasteiger partial charge in [-0.05, 0) is 18.2 Å². The van der Waals surface area contributed by atoms with Crippen LogP contribution in [-0.2, 0) is 0 Å². The molecule has 3 N–H and O–H groups in total. The van der Waals surface area contributed by atoms with Crippen molar-refractivity contribution in [2.24, 2.45) is 5.73 Å². The van der Waals surface area contributed by atoms with Gasteiger partial charge in [0.2, 0.25) is 0 Å². The van der Waals surface area contributed by atoms with Gasteiger partial charge in [-0.2, -0.15) is 0 Å². The number of nitrogens with one attached hydrogen (secondary N) is 1. The number of thioether (sulfide) groups is 1. The van der Waals surface area contributed by atoms with Gasteiger partial charge in [-0.15, -0.1) is 22.0 Å². The van der Waals surface area contributed by atoms with E-state index in [2.05, 4.69) is 34.6 Å². The van der Waals surface area contributed by atoms with Crippen LogP contribution in [0.2, 0.25) is 5.15 Å². The fourth-order valence-corrected chi connectivity index (χ4v) is 2.79. The third-order valence-electron chi connectivity index (χ3n) is 2.67. The Kier molecular flexibility index (Phi) is 5.41.